The number of benzene rings is 1. The van der Waals surface area contributed by atoms with E-state index in [1.54, 1.807) is 6.07 Å². The number of methoxy groups -OCH3 is 2. The van der Waals surface area contributed by atoms with Gasteiger partial charge in [-0.05, 0) is 12.1 Å². The van der Waals surface area contributed by atoms with Crippen LogP contribution in [-0.4, -0.2) is 42.6 Å². The lowest BCUT2D eigenvalue weighted by atomic mass is 10.2. The third-order valence-corrected chi connectivity index (χ3v) is 3.26. The van der Waals surface area contributed by atoms with E-state index in [2.05, 4.69) is 20.8 Å². The molecule has 0 saturated carbocycles. The van der Waals surface area contributed by atoms with E-state index in [4.69, 9.17) is 31.5 Å². The van der Waals surface area contributed by atoms with Gasteiger partial charge in [0.1, 0.15) is 0 Å². The van der Waals surface area contributed by atoms with E-state index in [-0.39, 0.29) is 34.6 Å². The predicted octanol–water partition coefficient (Wildman–Crippen LogP) is 0.768. The predicted molar refractivity (Wildman–Crippen MR) is 92.4 cm³/mol. The summed E-state index contributed by atoms with van der Waals surface area (Å²) < 4.78 is 15.3. The van der Waals surface area contributed by atoms with Crippen molar-refractivity contribution < 1.29 is 23.8 Å². The Balaban J connectivity index is 2.12. The number of nitrogens with one attached hydrogen (secondary N) is 2. The zero-order valence-corrected chi connectivity index (χ0v) is 14.7. The minimum absolute atomic E-state index is 0.0772. The maximum absolute atomic E-state index is 12.3. The minimum Gasteiger partial charge on any atom is -0.493 e. The summed E-state index contributed by atoms with van der Waals surface area (Å²) in [7, 11) is 2.83. The molecule has 0 radical (unpaired) electrons. The molecule has 1 aromatic heterocycles. The average molecular weight is 382 g/mol. The Bertz CT molecular complexity index is 817. The molecule has 138 valence electrons. The number of carbonyl (C=O) groups excluding carboxylic acids is 2. The SMILES string of the molecule is COc1ccnc(NNC(=O)c2cc(Cl)c(OCC(N)=O)c(OC)c2)n1. The molecular formula is C15H16ClN5O5. The quantitative estimate of drug-likeness (QED) is 0.570. The molecule has 11 heteroatoms. The molecule has 1 heterocycles. The second-order valence-corrected chi connectivity index (χ2v) is 5.15. The largest absolute Gasteiger partial charge is 0.493 e. The van der Waals surface area contributed by atoms with Crippen LogP contribution in [0.1, 0.15) is 10.4 Å². The van der Waals surface area contributed by atoms with Gasteiger partial charge in [0.05, 0.1) is 19.2 Å². The van der Waals surface area contributed by atoms with Crippen molar-refractivity contribution in [1.29, 1.82) is 0 Å². The highest BCUT2D eigenvalue weighted by Gasteiger charge is 2.17. The number of hydrogen-bond donors (Lipinski definition) is 3. The number of amides is 2. The smallest absolute Gasteiger partial charge is 0.269 e. The highest BCUT2D eigenvalue weighted by Crippen LogP contribution is 2.36. The molecule has 0 fully saturated rings. The number of ether oxygens (including phenoxy) is 3. The zero-order valence-electron chi connectivity index (χ0n) is 13.9. The van der Waals surface area contributed by atoms with E-state index < -0.39 is 11.8 Å². The molecular weight excluding hydrogens is 366 g/mol. The Morgan fingerprint density at radius 2 is 2.04 bits per heavy atom. The topological polar surface area (TPSA) is 138 Å². The third kappa shape index (κ3) is 4.86. The summed E-state index contributed by atoms with van der Waals surface area (Å²) in [6.07, 6.45) is 1.46. The zero-order chi connectivity index (χ0) is 19.1. The summed E-state index contributed by atoms with van der Waals surface area (Å²) >= 11 is 6.10. The molecule has 0 bridgehead atoms. The molecule has 0 aliphatic heterocycles. The number of aromatic nitrogens is 2. The molecule has 10 nitrogen and oxygen atoms in total. The van der Waals surface area contributed by atoms with Gasteiger partial charge in [0, 0.05) is 17.8 Å². The second-order valence-electron chi connectivity index (χ2n) is 4.75. The average Bonchev–Trinajstić information content (AvgIpc) is 2.64. The van der Waals surface area contributed by atoms with Crippen molar-refractivity contribution in [3.05, 3.63) is 35.0 Å². The number of nitrogens with zero attached hydrogens (tertiary/aromatic N) is 2. The minimum atomic E-state index is -0.674. The number of carbonyl (C=O) groups is 2. The first-order chi connectivity index (χ1) is 12.4. The van der Waals surface area contributed by atoms with Gasteiger partial charge in [-0.15, -0.1) is 0 Å². The van der Waals surface area contributed by atoms with Crippen molar-refractivity contribution >= 4 is 29.4 Å². The molecule has 1 aromatic carbocycles. The molecule has 2 aromatic rings. The van der Waals surface area contributed by atoms with Gasteiger partial charge in [-0.25, -0.2) is 4.98 Å². The first-order valence-corrected chi connectivity index (χ1v) is 7.54. The van der Waals surface area contributed by atoms with E-state index in [0.717, 1.165) is 0 Å². The van der Waals surface area contributed by atoms with E-state index in [1.165, 1.54) is 32.5 Å². The fraction of sp³-hybridized carbons (Fsp3) is 0.200. The lowest BCUT2D eigenvalue weighted by molar-refractivity contribution is -0.119. The van der Waals surface area contributed by atoms with Gasteiger partial charge < -0.3 is 19.9 Å². The number of hydrazine groups is 1. The Morgan fingerprint density at radius 1 is 1.27 bits per heavy atom. The van der Waals surface area contributed by atoms with Crippen LogP contribution in [-0.2, 0) is 4.79 Å². The van der Waals surface area contributed by atoms with E-state index in [1.807, 2.05) is 0 Å². The van der Waals surface area contributed by atoms with E-state index in [0.29, 0.717) is 5.88 Å². The van der Waals surface area contributed by atoms with Crippen molar-refractivity contribution in [2.45, 2.75) is 0 Å². The summed E-state index contributed by atoms with van der Waals surface area (Å²) in [5, 5.41) is 0.0772. The Labute approximate surface area is 153 Å². The van der Waals surface area contributed by atoms with Crippen molar-refractivity contribution in [2.24, 2.45) is 5.73 Å². The third-order valence-electron chi connectivity index (χ3n) is 2.98. The van der Waals surface area contributed by atoms with E-state index in [9.17, 15) is 9.59 Å². The first kappa shape index (κ1) is 19.1. The van der Waals surface area contributed by atoms with Gasteiger partial charge in [0.2, 0.25) is 11.8 Å². The van der Waals surface area contributed by atoms with Crippen LogP contribution in [0.15, 0.2) is 24.4 Å². The van der Waals surface area contributed by atoms with Crippen molar-refractivity contribution in [3.63, 3.8) is 0 Å². The molecule has 0 spiro atoms. The van der Waals surface area contributed by atoms with Crippen LogP contribution >= 0.6 is 11.6 Å². The number of hydrogen-bond acceptors (Lipinski definition) is 8. The molecule has 26 heavy (non-hydrogen) atoms. The highest BCUT2D eigenvalue weighted by molar-refractivity contribution is 6.32. The van der Waals surface area contributed by atoms with Crippen molar-refractivity contribution in [2.75, 3.05) is 26.3 Å². The molecule has 2 amide bonds. The summed E-state index contributed by atoms with van der Waals surface area (Å²) in [4.78, 5) is 31.0. The number of primary amides is 1. The number of halogens is 1. The van der Waals surface area contributed by atoms with Gasteiger partial charge in [-0.3, -0.25) is 20.4 Å². The van der Waals surface area contributed by atoms with Crippen LogP contribution in [0.25, 0.3) is 0 Å². The maximum Gasteiger partial charge on any atom is 0.269 e. The molecule has 0 aliphatic rings. The van der Waals surface area contributed by atoms with Crippen LogP contribution in [0, 0.1) is 0 Å². The second kappa shape index (κ2) is 8.72. The van der Waals surface area contributed by atoms with Gasteiger partial charge >= 0.3 is 0 Å². The molecule has 0 atom stereocenters. The van der Waals surface area contributed by atoms with Crippen molar-refractivity contribution in [1.82, 2.24) is 15.4 Å². The van der Waals surface area contributed by atoms with Crippen molar-refractivity contribution in [3.8, 4) is 17.4 Å². The monoisotopic (exact) mass is 381 g/mol. The molecule has 4 N–H and O–H groups in total. The first-order valence-electron chi connectivity index (χ1n) is 7.16. The molecule has 0 unspecified atom stereocenters. The number of nitrogens with two attached hydrogens (primary N) is 1. The van der Waals surface area contributed by atoms with E-state index >= 15 is 0 Å². The molecule has 0 saturated heterocycles. The fourth-order valence-electron chi connectivity index (χ4n) is 1.84. The lowest BCUT2D eigenvalue weighted by Crippen LogP contribution is -2.30. The number of rotatable bonds is 8. The Kier molecular flexibility index (Phi) is 6.39. The van der Waals surface area contributed by atoms with Gasteiger partial charge in [-0.2, -0.15) is 4.98 Å². The fourth-order valence-corrected chi connectivity index (χ4v) is 2.10. The maximum atomic E-state index is 12.3. The summed E-state index contributed by atoms with van der Waals surface area (Å²) in [5.74, 6) is -0.463. The summed E-state index contributed by atoms with van der Waals surface area (Å²) in [5.41, 5.74) is 10.2. The standard InChI is InChI=1S/C15H16ClN5O5/c1-24-10-6-8(5-9(16)13(10)26-7-11(17)22)14(23)20-21-15-18-4-3-12(19-15)25-2/h3-6H,7H2,1-2H3,(H2,17,22)(H,20,23)(H,18,19,21). The van der Waals surface area contributed by atoms with Crippen LogP contribution in [0.5, 0.6) is 17.4 Å². The van der Waals surface area contributed by atoms with Gasteiger partial charge in [0.15, 0.2) is 18.1 Å². The van der Waals surface area contributed by atoms with Crippen LogP contribution < -0.4 is 30.8 Å². The summed E-state index contributed by atoms with van der Waals surface area (Å²) in [6.45, 7) is -0.379. The summed E-state index contributed by atoms with van der Waals surface area (Å²) in [6, 6.07) is 4.30. The Morgan fingerprint density at radius 3 is 2.69 bits per heavy atom. The molecule has 0 aliphatic carbocycles. The highest BCUT2D eigenvalue weighted by atomic mass is 35.5. The van der Waals surface area contributed by atoms with Crippen LogP contribution in [0.3, 0.4) is 0 Å². The van der Waals surface area contributed by atoms with Crippen LogP contribution in [0.4, 0.5) is 5.95 Å². The van der Waals surface area contributed by atoms with Gasteiger partial charge in [-0.1, -0.05) is 11.6 Å². The van der Waals surface area contributed by atoms with Crippen LogP contribution in [0.2, 0.25) is 5.02 Å². The normalized spacial score (nSPS) is 9.96. The van der Waals surface area contributed by atoms with Gasteiger partial charge in [0.25, 0.3) is 11.8 Å². The lowest BCUT2D eigenvalue weighted by Gasteiger charge is -2.13. The Hall–Kier alpha value is -3.27. The number of anilines is 1. The molecule has 2 rings (SSSR count).